The summed E-state index contributed by atoms with van der Waals surface area (Å²) in [6, 6.07) is 8.85. The van der Waals surface area contributed by atoms with E-state index in [0.29, 0.717) is 12.2 Å². The lowest BCUT2D eigenvalue weighted by atomic mass is 10.1. The van der Waals surface area contributed by atoms with Crippen molar-refractivity contribution in [3.05, 3.63) is 63.8 Å². The van der Waals surface area contributed by atoms with Crippen LogP contribution >= 0.6 is 0 Å². The van der Waals surface area contributed by atoms with E-state index in [1.165, 1.54) is 37.6 Å². The number of rotatable bonds is 4. The highest BCUT2D eigenvalue weighted by molar-refractivity contribution is 5.92. The van der Waals surface area contributed by atoms with Crippen LogP contribution < -0.4 is 5.56 Å². The van der Waals surface area contributed by atoms with E-state index in [4.69, 9.17) is 0 Å². The van der Waals surface area contributed by atoms with Crippen LogP contribution in [0.2, 0.25) is 0 Å². The molecule has 0 aliphatic carbocycles. The number of carbonyl (C=O) groups excluding carboxylic acids is 1. The number of aromatic nitrogens is 2. The van der Waals surface area contributed by atoms with Gasteiger partial charge in [-0.05, 0) is 56.5 Å². The van der Waals surface area contributed by atoms with Gasteiger partial charge in [0.2, 0.25) is 5.56 Å². The van der Waals surface area contributed by atoms with Crippen LogP contribution in [0, 0.1) is 0 Å². The van der Waals surface area contributed by atoms with Crippen molar-refractivity contribution in [1.82, 2.24) is 19.8 Å². The lowest BCUT2D eigenvalue weighted by molar-refractivity contribution is 0.0726. The number of aromatic amines is 1. The topological polar surface area (TPSA) is 69.3 Å². The summed E-state index contributed by atoms with van der Waals surface area (Å²) in [4.78, 5) is 35.9. The van der Waals surface area contributed by atoms with Crippen LogP contribution in [0.15, 0.2) is 41.3 Å². The first-order valence-electron chi connectivity index (χ1n) is 9.38. The molecule has 4 heterocycles. The van der Waals surface area contributed by atoms with E-state index in [1.54, 1.807) is 12.1 Å². The molecule has 2 aromatic rings. The molecule has 6 nitrogen and oxygen atoms in total. The van der Waals surface area contributed by atoms with E-state index in [1.807, 2.05) is 11.1 Å². The van der Waals surface area contributed by atoms with Crippen LogP contribution in [0.5, 0.6) is 0 Å². The average molecular weight is 352 g/mol. The first-order chi connectivity index (χ1) is 12.7. The van der Waals surface area contributed by atoms with Gasteiger partial charge in [-0.1, -0.05) is 12.1 Å². The summed E-state index contributed by atoms with van der Waals surface area (Å²) in [6.45, 7) is 3.98. The Labute approximate surface area is 152 Å². The minimum Gasteiger partial charge on any atom is -0.329 e. The Kier molecular flexibility index (Phi) is 4.84. The van der Waals surface area contributed by atoms with Gasteiger partial charge in [0.25, 0.3) is 5.91 Å². The van der Waals surface area contributed by atoms with E-state index < -0.39 is 0 Å². The van der Waals surface area contributed by atoms with E-state index in [9.17, 15) is 9.59 Å². The van der Waals surface area contributed by atoms with Crippen molar-refractivity contribution >= 4 is 5.91 Å². The number of hydrogen-bond donors (Lipinski definition) is 1. The molecular formula is C20H24N4O2. The maximum atomic E-state index is 12.8. The molecule has 0 saturated carbocycles. The molecule has 2 aliphatic heterocycles. The number of pyridine rings is 2. The number of hydrogen-bond acceptors (Lipinski definition) is 4. The molecule has 2 aliphatic rings. The SMILES string of the molecule is O=C(c1cccc(=O)[nH]1)N1CCC[C@H]1c1ccc(CN2CCCC2)cn1. The summed E-state index contributed by atoms with van der Waals surface area (Å²) < 4.78 is 0. The number of carbonyl (C=O) groups is 1. The molecule has 4 rings (SSSR count). The van der Waals surface area contributed by atoms with Crippen LogP contribution in [-0.2, 0) is 6.54 Å². The second-order valence-corrected chi connectivity index (χ2v) is 7.16. The molecule has 0 unspecified atom stereocenters. The van der Waals surface area contributed by atoms with Gasteiger partial charge >= 0.3 is 0 Å². The van der Waals surface area contributed by atoms with Crippen molar-refractivity contribution in [2.75, 3.05) is 19.6 Å². The van der Waals surface area contributed by atoms with Crippen LogP contribution in [0.25, 0.3) is 0 Å². The van der Waals surface area contributed by atoms with Crippen LogP contribution in [0.4, 0.5) is 0 Å². The zero-order valence-corrected chi connectivity index (χ0v) is 14.9. The molecule has 26 heavy (non-hydrogen) atoms. The zero-order valence-electron chi connectivity index (χ0n) is 14.9. The maximum Gasteiger partial charge on any atom is 0.270 e. The molecule has 2 aromatic heterocycles. The Bertz CT molecular complexity index is 824. The summed E-state index contributed by atoms with van der Waals surface area (Å²) in [6.07, 6.45) is 6.36. The lowest BCUT2D eigenvalue weighted by Crippen LogP contribution is -2.32. The monoisotopic (exact) mass is 352 g/mol. The summed E-state index contributed by atoms with van der Waals surface area (Å²) in [5.74, 6) is -0.131. The molecule has 0 aromatic carbocycles. The fraction of sp³-hybridized carbons (Fsp3) is 0.450. The third-order valence-electron chi connectivity index (χ3n) is 5.31. The molecule has 1 N–H and O–H groups in total. The van der Waals surface area contributed by atoms with E-state index in [-0.39, 0.29) is 17.5 Å². The largest absolute Gasteiger partial charge is 0.329 e. The molecule has 0 radical (unpaired) electrons. The predicted octanol–water partition coefficient (Wildman–Crippen LogP) is 2.34. The maximum absolute atomic E-state index is 12.8. The number of likely N-dealkylation sites (tertiary alicyclic amines) is 2. The smallest absolute Gasteiger partial charge is 0.270 e. The summed E-state index contributed by atoms with van der Waals surface area (Å²) >= 11 is 0. The summed E-state index contributed by atoms with van der Waals surface area (Å²) in [5.41, 5.74) is 2.24. The molecule has 1 amide bonds. The van der Waals surface area contributed by atoms with Gasteiger partial charge in [-0.25, -0.2) is 0 Å². The van der Waals surface area contributed by atoms with Gasteiger partial charge in [0.05, 0.1) is 11.7 Å². The number of nitrogens with zero attached hydrogens (tertiary/aromatic N) is 3. The summed E-state index contributed by atoms with van der Waals surface area (Å²) in [7, 11) is 0. The van der Waals surface area contributed by atoms with Crippen molar-refractivity contribution < 1.29 is 4.79 Å². The van der Waals surface area contributed by atoms with Crippen molar-refractivity contribution in [3.63, 3.8) is 0 Å². The Morgan fingerprint density at radius 1 is 1.12 bits per heavy atom. The van der Waals surface area contributed by atoms with Gasteiger partial charge in [0.1, 0.15) is 5.69 Å². The Morgan fingerprint density at radius 2 is 1.96 bits per heavy atom. The molecule has 2 fully saturated rings. The van der Waals surface area contributed by atoms with Crippen LogP contribution in [0.1, 0.15) is 53.5 Å². The predicted molar refractivity (Wildman–Crippen MR) is 98.8 cm³/mol. The normalized spacial score (nSPS) is 20.6. The highest BCUT2D eigenvalue weighted by Crippen LogP contribution is 2.31. The molecule has 0 spiro atoms. The van der Waals surface area contributed by atoms with E-state index in [0.717, 1.165) is 25.1 Å². The molecule has 136 valence electrons. The minimum absolute atomic E-state index is 0.0213. The van der Waals surface area contributed by atoms with Gasteiger partial charge in [-0.15, -0.1) is 0 Å². The van der Waals surface area contributed by atoms with Crippen molar-refractivity contribution in [2.24, 2.45) is 0 Å². The molecule has 0 bridgehead atoms. The second kappa shape index (κ2) is 7.41. The number of nitrogens with one attached hydrogen (secondary N) is 1. The quantitative estimate of drug-likeness (QED) is 0.917. The highest BCUT2D eigenvalue weighted by Gasteiger charge is 2.31. The standard InChI is InChI=1S/C20H24N4O2/c25-19-7-3-5-17(22-19)20(26)24-12-4-6-18(24)16-9-8-15(13-21-16)14-23-10-1-2-11-23/h3,5,7-9,13,18H,1-2,4,6,10-12,14H2,(H,22,25)/t18-/m0/s1. The Hall–Kier alpha value is -2.47. The van der Waals surface area contributed by atoms with Gasteiger partial charge in [-0.3, -0.25) is 19.5 Å². The second-order valence-electron chi connectivity index (χ2n) is 7.16. The van der Waals surface area contributed by atoms with Gasteiger partial charge in [0, 0.05) is 25.4 Å². The average Bonchev–Trinajstić information content (AvgIpc) is 3.33. The molecule has 1 atom stereocenters. The van der Waals surface area contributed by atoms with E-state index in [2.05, 4.69) is 27.0 Å². The number of H-pyrrole nitrogens is 1. The highest BCUT2D eigenvalue weighted by atomic mass is 16.2. The van der Waals surface area contributed by atoms with Gasteiger partial charge in [0.15, 0.2) is 0 Å². The third kappa shape index (κ3) is 3.55. The Balaban J connectivity index is 1.49. The van der Waals surface area contributed by atoms with Crippen molar-refractivity contribution in [2.45, 2.75) is 38.3 Å². The van der Waals surface area contributed by atoms with Crippen molar-refractivity contribution in [3.8, 4) is 0 Å². The minimum atomic E-state index is -0.254. The lowest BCUT2D eigenvalue weighted by Gasteiger charge is -2.24. The first kappa shape index (κ1) is 17.0. The molecular weight excluding hydrogens is 328 g/mol. The van der Waals surface area contributed by atoms with Gasteiger partial charge in [-0.2, -0.15) is 0 Å². The van der Waals surface area contributed by atoms with E-state index >= 15 is 0 Å². The Morgan fingerprint density at radius 3 is 2.69 bits per heavy atom. The van der Waals surface area contributed by atoms with Gasteiger partial charge < -0.3 is 9.88 Å². The zero-order chi connectivity index (χ0) is 17.9. The molecule has 6 heteroatoms. The van der Waals surface area contributed by atoms with Crippen LogP contribution in [-0.4, -0.2) is 45.3 Å². The third-order valence-corrected chi connectivity index (χ3v) is 5.31. The van der Waals surface area contributed by atoms with Crippen LogP contribution in [0.3, 0.4) is 0 Å². The molecule has 2 saturated heterocycles. The fourth-order valence-electron chi connectivity index (χ4n) is 3.97. The summed E-state index contributed by atoms with van der Waals surface area (Å²) in [5, 5.41) is 0. The number of amides is 1. The first-order valence-corrected chi connectivity index (χ1v) is 9.38. The fourth-order valence-corrected chi connectivity index (χ4v) is 3.97. The van der Waals surface area contributed by atoms with Crippen molar-refractivity contribution in [1.29, 1.82) is 0 Å².